The highest BCUT2D eigenvalue weighted by Crippen LogP contribution is 2.17. The highest BCUT2D eigenvalue weighted by Gasteiger charge is 2.18. The summed E-state index contributed by atoms with van der Waals surface area (Å²) in [6, 6.07) is 8.16. The number of anilines is 1. The first-order chi connectivity index (χ1) is 12.3. The lowest BCUT2D eigenvalue weighted by Gasteiger charge is -2.35. The van der Waals surface area contributed by atoms with E-state index < -0.39 is 0 Å². The molecule has 2 aromatic rings. The number of benzene rings is 1. The Bertz CT molecular complexity index is 672. The maximum Gasteiger partial charge on any atom is 0.233 e. The molecule has 0 spiro atoms. The van der Waals surface area contributed by atoms with E-state index in [2.05, 4.69) is 32.8 Å². The second kappa shape index (κ2) is 8.67. The van der Waals surface area contributed by atoms with E-state index in [1.54, 1.807) is 19.5 Å². The van der Waals surface area contributed by atoms with Crippen LogP contribution in [0.3, 0.4) is 0 Å². The number of piperazine rings is 1. The molecule has 0 bridgehead atoms. The van der Waals surface area contributed by atoms with Gasteiger partial charge in [-0.3, -0.25) is 9.88 Å². The van der Waals surface area contributed by atoms with Crippen molar-refractivity contribution in [1.29, 1.82) is 0 Å². The summed E-state index contributed by atoms with van der Waals surface area (Å²) in [5.41, 5.74) is 1.19. The fraction of sp³-hybridized carbons (Fsp3) is 0.474. The maximum absolute atomic E-state index is 5.87. The fourth-order valence-electron chi connectivity index (χ4n) is 2.98. The molecule has 0 amide bonds. The normalized spacial score (nSPS) is 15.2. The molecule has 0 atom stereocenters. The summed E-state index contributed by atoms with van der Waals surface area (Å²) in [6.07, 6.45) is 4.47. The van der Waals surface area contributed by atoms with Gasteiger partial charge in [-0.1, -0.05) is 18.2 Å². The highest BCUT2D eigenvalue weighted by atomic mass is 16.5. The lowest BCUT2D eigenvalue weighted by molar-refractivity contribution is 0.224. The van der Waals surface area contributed by atoms with Crippen LogP contribution in [0.15, 0.2) is 36.7 Å². The van der Waals surface area contributed by atoms with Crippen molar-refractivity contribution in [3.8, 4) is 11.6 Å². The third kappa shape index (κ3) is 4.82. The minimum Gasteiger partial charge on any atom is -0.493 e. The summed E-state index contributed by atoms with van der Waals surface area (Å²) in [4.78, 5) is 13.4. The van der Waals surface area contributed by atoms with Crippen LogP contribution in [0.25, 0.3) is 0 Å². The Morgan fingerprint density at radius 2 is 1.88 bits per heavy atom. The minimum absolute atomic E-state index is 0.563. The summed E-state index contributed by atoms with van der Waals surface area (Å²) < 4.78 is 11.0. The SMILES string of the molecule is COc1cncc(N2CCN(CCCOc3ccccc3C)CC2)n1. The van der Waals surface area contributed by atoms with E-state index in [1.807, 2.05) is 18.2 Å². The zero-order valence-corrected chi connectivity index (χ0v) is 15.0. The number of aromatic nitrogens is 2. The van der Waals surface area contributed by atoms with E-state index in [0.717, 1.165) is 57.3 Å². The minimum atomic E-state index is 0.563. The van der Waals surface area contributed by atoms with Gasteiger partial charge >= 0.3 is 0 Å². The van der Waals surface area contributed by atoms with Crippen molar-refractivity contribution in [2.75, 3.05) is 51.3 Å². The van der Waals surface area contributed by atoms with Gasteiger partial charge in [0.2, 0.25) is 5.88 Å². The van der Waals surface area contributed by atoms with Gasteiger partial charge in [0, 0.05) is 32.7 Å². The average molecular weight is 342 g/mol. The van der Waals surface area contributed by atoms with Crippen LogP contribution in [0.5, 0.6) is 11.6 Å². The highest BCUT2D eigenvalue weighted by molar-refractivity contribution is 5.38. The fourth-order valence-corrected chi connectivity index (χ4v) is 2.98. The van der Waals surface area contributed by atoms with Crippen molar-refractivity contribution in [2.45, 2.75) is 13.3 Å². The van der Waals surface area contributed by atoms with Gasteiger partial charge in [0.05, 0.1) is 26.1 Å². The number of aryl methyl sites for hydroxylation is 1. The van der Waals surface area contributed by atoms with Crippen LogP contribution in [-0.2, 0) is 0 Å². The molecule has 3 rings (SSSR count). The molecule has 2 heterocycles. The van der Waals surface area contributed by atoms with Crippen LogP contribution >= 0.6 is 0 Å². The zero-order chi connectivity index (χ0) is 17.5. The molecule has 25 heavy (non-hydrogen) atoms. The zero-order valence-electron chi connectivity index (χ0n) is 15.0. The Morgan fingerprint density at radius 3 is 2.64 bits per heavy atom. The second-order valence-corrected chi connectivity index (χ2v) is 6.22. The first-order valence-electron chi connectivity index (χ1n) is 8.78. The lowest BCUT2D eigenvalue weighted by Crippen LogP contribution is -2.47. The molecule has 6 heteroatoms. The molecule has 1 aliphatic heterocycles. The van der Waals surface area contributed by atoms with Crippen molar-refractivity contribution >= 4 is 5.82 Å². The van der Waals surface area contributed by atoms with Crippen LogP contribution in [0.1, 0.15) is 12.0 Å². The van der Waals surface area contributed by atoms with Crippen LogP contribution in [0.4, 0.5) is 5.82 Å². The second-order valence-electron chi connectivity index (χ2n) is 6.22. The third-order valence-corrected chi connectivity index (χ3v) is 4.47. The van der Waals surface area contributed by atoms with Crippen LogP contribution in [-0.4, -0.2) is 61.3 Å². The van der Waals surface area contributed by atoms with E-state index in [0.29, 0.717) is 5.88 Å². The van der Waals surface area contributed by atoms with E-state index >= 15 is 0 Å². The van der Waals surface area contributed by atoms with E-state index in [1.165, 1.54) is 5.56 Å². The molecule has 1 aromatic heterocycles. The van der Waals surface area contributed by atoms with Gasteiger partial charge in [-0.25, -0.2) is 0 Å². The monoisotopic (exact) mass is 342 g/mol. The average Bonchev–Trinajstić information content (AvgIpc) is 2.67. The van der Waals surface area contributed by atoms with Gasteiger partial charge in [0.1, 0.15) is 5.75 Å². The van der Waals surface area contributed by atoms with Crippen LogP contribution in [0.2, 0.25) is 0 Å². The lowest BCUT2D eigenvalue weighted by atomic mass is 10.2. The van der Waals surface area contributed by atoms with Gasteiger partial charge in [-0.15, -0.1) is 0 Å². The van der Waals surface area contributed by atoms with Crippen LogP contribution < -0.4 is 14.4 Å². The van der Waals surface area contributed by atoms with Crippen molar-refractivity contribution in [3.63, 3.8) is 0 Å². The predicted molar refractivity (Wildman–Crippen MR) is 98.5 cm³/mol. The first kappa shape index (κ1) is 17.5. The summed E-state index contributed by atoms with van der Waals surface area (Å²) in [7, 11) is 1.62. The van der Waals surface area contributed by atoms with Crippen molar-refractivity contribution in [1.82, 2.24) is 14.9 Å². The van der Waals surface area contributed by atoms with E-state index in [9.17, 15) is 0 Å². The molecule has 6 nitrogen and oxygen atoms in total. The Labute approximate surface area is 149 Å². The molecule has 0 aliphatic carbocycles. The summed E-state index contributed by atoms with van der Waals surface area (Å²) >= 11 is 0. The number of nitrogens with zero attached hydrogens (tertiary/aromatic N) is 4. The molecule has 1 fully saturated rings. The quantitative estimate of drug-likeness (QED) is 0.720. The molecule has 1 aliphatic rings. The molecule has 0 radical (unpaired) electrons. The van der Waals surface area contributed by atoms with Crippen molar-refractivity contribution in [2.24, 2.45) is 0 Å². The van der Waals surface area contributed by atoms with Gasteiger partial charge in [0.25, 0.3) is 0 Å². The molecular formula is C19H26N4O2. The standard InChI is InChI=1S/C19H26N4O2/c1-16-6-3-4-7-17(16)25-13-5-8-22-9-11-23(12-10-22)18-14-20-15-19(21-18)24-2/h3-4,6-7,14-15H,5,8-13H2,1-2H3. The molecule has 0 saturated carbocycles. The van der Waals surface area contributed by atoms with Gasteiger partial charge in [0.15, 0.2) is 5.82 Å². The number of ether oxygens (including phenoxy) is 2. The third-order valence-electron chi connectivity index (χ3n) is 4.47. The predicted octanol–water partition coefficient (Wildman–Crippen LogP) is 2.38. The number of hydrogen-bond acceptors (Lipinski definition) is 6. The summed E-state index contributed by atoms with van der Waals surface area (Å²) in [5.74, 6) is 2.44. The van der Waals surface area contributed by atoms with E-state index in [-0.39, 0.29) is 0 Å². The number of para-hydroxylation sites is 1. The van der Waals surface area contributed by atoms with Crippen molar-refractivity contribution < 1.29 is 9.47 Å². The molecule has 134 valence electrons. The van der Waals surface area contributed by atoms with Crippen LogP contribution in [0, 0.1) is 6.92 Å². The number of hydrogen-bond donors (Lipinski definition) is 0. The van der Waals surface area contributed by atoms with Gasteiger partial charge < -0.3 is 14.4 Å². The number of methoxy groups -OCH3 is 1. The van der Waals surface area contributed by atoms with Crippen molar-refractivity contribution in [3.05, 3.63) is 42.2 Å². The molecular weight excluding hydrogens is 316 g/mol. The molecule has 1 aromatic carbocycles. The Kier molecular flexibility index (Phi) is 6.06. The Morgan fingerprint density at radius 1 is 1.08 bits per heavy atom. The summed E-state index contributed by atoms with van der Waals surface area (Å²) in [6.45, 7) is 7.87. The molecule has 0 unspecified atom stereocenters. The van der Waals surface area contributed by atoms with Gasteiger partial charge in [-0.05, 0) is 25.0 Å². The summed E-state index contributed by atoms with van der Waals surface area (Å²) in [5, 5.41) is 0. The number of rotatable bonds is 7. The van der Waals surface area contributed by atoms with E-state index in [4.69, 9.17) is 9.47 Å². The Balaban J connectivity index is 1.38. The molecule has 0 N–H and O–H groups in total. The smallest absolute Gasteiger partial charge is 0.233 e. The topological polar surface area (TPSA) is 50.7 Å². The molecule has 1 saturated heterocycles. The maximum atomic E-state index is 5.87. The largest absolute Gasteiger partial charge is 0.493 e. The first-order valence-corrected chi connectivity index (χ1v) is 8.78. The van der Waals surface area contributed by atoms with Gasteiger partial charge in [-0.2, -0.15) is 4.98 Å². The Hall–Kier alpha value is -2.34.